The van der Waals surface area contributed by atoms with Crippen molar-refractivity contribution in [2.24, 2.45) is 11.8 Å². The van der Waals surface area contributed by atoms with Crippen LogP contribution in [0.1, 0.15) is 23.7 Å². The minimum atomic E-state index is -0.914. The molecule has 4 unspecified atom stereocenters. The summed E-state index contributed by atoms with van der Waals surface area (Å²) < 4.78 is 18.1. The van der Waals surface area contributed by atoms with Crippen LogP contribution >= 0.6 is 0 Å². The van der Waals surface area contributed by atoms with E-state index in [2.05, 4.69) is 26.6 Å². The molecule has 3 amide bonds. The van der Waals surface area contributed by atoms with E-state index >= 15 is 0 Å². The molecule has 178 valence electrons. The van der Waals surface area contributed by atoms with E-state index in [-0.39, 0.29) is 18.9 Å². The summed E-state index contributed by atoms with van der Waals surface area (Å²) in [4.78, 5) is 50.0. The lowest BCUT2D eigenvalue weighted by Gasteiger charge is -2.43. The normalized spacial score (nSPS) is 23.7. The number of rotatable bonds is 6. The number of hydrogen-bond acceptors (Lipinski definition) is 7. The molecule has 0 bridgehead atoms. The molecule has 2 aliphatic heterocycles. The summed E-state index contributed by atoms with van der Waals surface area (Å²) in [7, 11) is 0. The Labute approximate surface area is 194 Å². The van der Waals surface area contributed by atoms with E-state index < -0.39 is 47.9 Å². The third kappa shape index (κ3) is 5.15. The Bertz CT molecular complexity index is 1090. The van der Waals surface area contributed by atoms with Crippen LogP contribution in [0.4, 0.5) is 15.8 Å². The molecule has 2 aromatic carbocycles. The zero-order chi connectivity index (χ0) is 24.2. The maximum atomic E-state index is 13.1. The summed E-state index contributed by atoms with van der Waals surface area (Å²) in [5.41, 5.74) is 1.31. The Kier molecular flexibility index (Phi) is 6.73. The van der Waals surface area contributed by atoms with Crippen LogP contribution < -0.4 is 26.6 Å². The summed E-state index contributed by atoms with van der Waals surface area (Å²) in [6.45, 7) is 1.96. The van der Waals surface area contributed by atoms with Gasteiger partial charge >= 0.3 is 5.97 Å². The minimum Gasteiger partial charge on any atom is -0.462 e. The molecule has 11 heteroatoms. The Morgan fingerprint density at radius 1 is 1.03 bits per heavy atom. The standard InChI is InChI=1S/C23H24FN5O5/c1-2-34-22(33)12-3-7-14(8-4-12)25-20(31)16-11-17(30)27-19-18(16)21(32)29-23(28-19)26-15-9-5-13(24)6-10-15/h3-10,16,18-19,23,26,28H,2,11H2,1H3,(H,25,31)(H,27,30)(H,29,32). The largest absolute Gasteiger partial charge is 0.462 e. The first kappa shape index (κ1) is 23.2. The van der Waals surface area contributed by atoms with Crippen molar-refractivity contribution in [3.05, 3.63) is 59.9 Å². The molecule has 2 fully saturated rings. The molecule has 4 atom stereocenters. The highest BCUT2D eigenvalue weighted by molar-refractivity contribution is 6.00. The van der Waals surface area contributed by atoms with Gasteiger partial charge < -0.3 is 26.0 Å². The topological polar surface area (TPSA) is 138 Å². The molecule has 34 heavy (non-hydrogen) atoms. The van der Waals surface area contributed by atoms with Crippen LogP contribution in [0.3, 0.4) is 0 Å². The van der Waals surface area contributed by atoms with Crippen LogP contribution in [0.25, 0.3) is 0 Å². The van der Waals surface area contributed by atoms with Crippen molar-refractivity contribution >= 4 is 35.1 Å². The van der Waals surface area contributed by atoms with Gasteiger partial charge in [-0.25, -0.2) is 9.18 Å². The monoisotopic (exact) mass is 469 g/mol. The van der Waals surface area contributed by atoms with Crippen molar-refractivity contribution in [3.8, 4) is 0 Å². The van der Waals surface area contributed by atoms with Crippen LogP contribution in [0.2, 0.25) is 0 Å². The summed E-state index contributed by atoms with van der Waals surface area (Å²) in [5, 5.41) is 14.2. The summed E-state index contributed by atoms with van der Waals surface area (Å²) in [5.74, 6) is -3.90. The molecule has 0 saturated carbocycles. The van der Waals surface area contributed by atoms with Crippen molar-refractivity contribution in [2.45, 2.75) is 25.8 Å². The van der Waals surface area contributed by atoms with E-state index in [4.69, 9.17) is 4.74 Å². The maximum absolute atomic E-state index is 13.1. The van der Waals surface area contributed by atoms with Crippen LogP contribution in [0.15, 0.2) is 48.5 Å². The average molecular weight is 469 g/mol. The van der Waals surface area contributed by atoms with Gasteiger partial charge in [0, 0.05) is 17.8 Å². The Hall–Kier alpha value is -3.99. The number of carbonyl (C=O) groups is 4. The second kappa shape index (κ2) is 9.87. The highest BCUT2D eigenvalue weighted by Gasteiger charge is 2.48. The smallest absolute Gasteiger partial charge is 0.338 e. The van der Waals surface area contributed by atoms with Crippen LogP contribution in [0, 0.1) is 17.7 Å². The van der Waals surface area contributed by atoms with Gasteiger partial charge in [0.25, 0.3) is 0 Å². The van der Waals surface area contributed by atoms with Gasteiger partial charge in [0.1, 0.15) is 5.82 Å². The highest BCUT2D eigenvalue weighted by atomic mass is 19.1. The van der Waals surface area contributed by atoms with E-state index in [1.165, 1.54) is 36.4 Å². The molecule has 0 aromatic heterocycles. The zero-order valence-corrected chi connectivity index (χ0v) is 18.3. The Balaban J connectivity index is 1.43. The van der Waals surface area contributed by atoms with E-state index in [1.807, 2.05) is 0 Å². The van der Waals surface area contributed by atoms with E-state index in [1.54, 1.807) is 19.1 Å². The molecule has 0 spiro atoms. The summed E-state index contributed by atoms with van der Waals surface area (Å²) >= 11 is 0. The van der Waals surface area contributed by atoms with Crippen molar-refractivity contribution in [3.63, 3.8) is 0 Å². The van der Waals surface area contributed by atoms with Gasteiger partial charge in [-0.3, -0.25) is 19.7 Å². The lowest BCUT2D eigenvalue weighted by molar-refractivity contribution is -0.144. The second-order valence-electron chi connectivity index (χ2n) is 7.93. The maximum Gasteiger partial charge on any atom is 0.338 e. The molecule has 0 aliphatic carbocycles. The van der Waals surface area contributed by atoms with Gasteiger partial charge in [0.2, 0.25) is 17.7 Å². The lowest BCUT2D eigenvalue weighted by atomic mass is 9.81. The number of halogens is 1. The van der Waals surface area contributed by atoms with Crippen LogP contribution in [0.5, 0.6) is 0 Å². The molecule has 10 nitrogen and oxygen atoms in total. The van der Waals surface area contributed by atoms with Crippen molar-refractivity contribution in [2.75, 3.05) is 17.2 Å². The molecular formula is C23H24FN5O5. The van der Waals surface area contributed by atoms with Gasteiger partial charge in [0.05, 0.1) is 30.2 Å². The molecule has 4 rings (SSSR count). The van der Waals surface area contributed by atoms with Crippen LogP contribution in [-0.4, -0.2) is 42.8 Å². The van der Waals surface area contributed by atoms with E-state index in [0.29, 0.717) is 16.9 Å². The number of benzene rings is 2. The van der Waals surface area contributed by atoms with Gasteiger partial charge in [-0.1, -0.05) is 0 Å². The molecule has 5 N–H and O–H groups in total. The minimum absolute atomic E-state index is 0.154. The van der Waals surface area contributed by atoms with E-state index in [0.717, 1.165) is 0 Å². The number of piperidine rings is 1. The number of fused-ring (bicyclic) bond motifs is 1. The number of nitrogens with one attached hydrogen (secondary N) is 5. The summed E-state index contributed by atoms with van der Waals surface area (Å²) in [6, 6.07) is 11.7. The fraction of sp³-hybridized carbons (Fsp3) is 0.304. The quantitative estimate of drug-likeness (QED) is 0.400. The molecule has 2 saturated heterocycles. The fourth-order valence-electron chi connectivity index (χ4n) is 4.01. The van der Waals surface area contributed by atoms with Crippen LogP contribution in [-0.2, 0) is 19.1 Å². The SMILES string of the molecule is CCOC(=O)c1ccc(NC(=O)C2CC(=O)NC3NC(Nc4ccc(F)cc4)NC(=O)C32)cc1. The predicted octanol–water partition coefficient (Wildman–Crippen LogP) is 1.13. The fourth-order valence-corrected chi connectivity index (χ4v) is 4.01. The van der Waals surface area contributed by atoms with Gasteiger partial charge in [0.15, 0.2) is 6.29 Å². The Morgan fingerprint density at radius 3 is 2.38 bits per heavy atom. The number of esters is 1. The predicted molar refractivity (Wildman–Crippen MR) is 120 cm³/mol. The number of hydrogen-bond donors (Lipinski definition) is 5. The zero-order valence-electron chi connectivity index (χ0n) is 18.3. The van der Waals surface area contributed by atoms with E-state index in [9.17, 15) is 23.6 Å². The number of ether oxygens (including phenoxy) is 1. The lowest BCUT2D eigenvalue weighted by Crippen LogP contribution is -2.72. The number of carbonyl (C=O) groups excluding carboxylic acids is 4. The molecule has 0 radical (unpaired) electrons. The third-order valence-corrected chi connectivity index (χ3v) is 5.61. The number of anilines is 2. The molecule has 2 aliphatic rings. The van der Waals surface area contributed by atoms with Crippen molar-refractivity contribution in [1.29, 1.82) is 0 Å². The molecule has 2 heterocycles. The van der Waals surface area contributed by atoms with Gasteiger partial charge in [-0.05, 0) is 55.5 Å². The summed E-state index contributed by atoms with van der Waals surface area (Å²) in [6.07, 6.45) is -1.68. The van der Waals surface area contributed by atoms with Crippen molar-refractivity contribution in [1.82, 2.24) is 16.0 Å². The first-order valence-electron chi connectivity index (χ1n) is 10.8. The first-order chi connectivity index (χ1) is 16.3. The molecule has 2 aromatic rings. The molecular weight excluding hydrogens is 445 g/mol. The van der Waals surface area contributed by atoms with Crippen molar-refractivity contribution < 1.29 is 28.3 Å². The average Bonchev–Trinajstić information content (AvgIpc) is 2.80. The first-order valence-corrected chi connectivity index (χ1v) is 10.8. The third-order valence-electron chi connectivity index (χ3n) is 5.61. The van der Waals surface area contributed by atoms with Gasteiger partial charge in [-0.15, -0.1) is 0 Å². The second-order valence-corrected chi connectivity index (χ2v) is 7.93. The Morgan fingerprint density at radius 2 is 1.71 bits per heavy atom. The highest BCUT2D eigenvalue weighted by Crippen LogP contribution is 2.28. The number of amides is 3. The van der Waals surface area contributed by atoms with Gasteiger partial charge in [-0.2, -0.15) is 0 Å².